The molecule has 0 saturated heterocycles. The lowest BCUT2D eigenvalue weighted by atomic mass is 10.1. The van der Waals surface area contributed by atoms with Gasteiger partial charge in [0.1, 0.15) is 9.84 Å². The smallest absolute Gasteiger partial charge is 0.335 e. The van der Waals surface area contributed by atoms with E-state index < -0.39 is 21.8 Å². The zero-order valence-corrected chi connectivity index (χ0v) is 12.9. The summed E-state index contributed by atoms with van der Waals surface area (Å²) in [4.78, 5) is 24.0. The first-order chi connectivity index (χ1) is 9.60. The van der Waals surface area contributed by atoms with Crippen molar-refractivity contribution >= 4 is 27.5 Å². The fourth-order valence-electron chi connectivity index (χ4n) is 1.60. The van der Waals surface area contributed by atoms with Gasteiger partial charge in [0.05, 0.1) is 11.3 Å². The van der Waals surface area contributed by atoms with E-state index in [0.29, 0.717) is 11.3 Å². The molecule has 0 aliphatic rings. The third kappa shape index (κ3) is 5.42. The normalized spacial score (nSPS) is 11.0. The first kappa shape index (κ1) is 17.0. The van der Waals surface area contributed by atoms with Crippen LogP contribution in [-0.2, 0) is 9.84 Å². The van der Waals surface area contributed by atoms with Crippen molar-refractivity contribution in [2.24, 2.45) is 0 Å². The molecule has 1 rings (SSSR count). The SMILES string of the molecule is Cc1cc(NC(=O)N(C)CCS(C)(=O)=O)ccc1C(=O)O. The van der Waals surface area contributed by atoms with Crippen molar-refractivity contribution in [2.45, 2.75) is 6.92 Å². The molecule has 0 aliphatic carbocycles. The zero-order valence-electron chi connectivity index (χ0n) is 12.1. The Balaban J connectivity index is 2.70. The van der Waals surface area contributed by atoms with Crippen LogP contribution in [0.5, 0.6) is 0 Å². The zero-order chi connectivity index (χ0) is 16.2. The fourth-order valence-corrected chi connectivity index (χ4v) is 2.21. The summed E-state index contributed by atoms with van der Waals surface area (Å²) in [6.45, 7) is 1.71. The number of carboxylic acid groups (broad SMARTS) is 1. The van der Waals surface area contributed by atoms with E-state index >= 15 is 0 Å². The number of urea groups is 1. The van der Waals surface area contributed by atoms with E-state index in [1.54, 1.807) is 13.0 Å². The molecule has 7 nitrogen and oxygen atoms in total. The number of nitrogens with one attached hydrogen (secondary N) is 1. The molecular weight excluding hydrogens is 296 g/mol. The second kappa shape index (κ2) is 6.57. The number of hydrogen-bond acceptors (Lipinski definition) is 4. The van der Waals surface area contributed by atoms with Gasteiger partial charge in [-0.1, -0.05) is 0 Å². The first-order valence-corrected chi connectivity index (χ1v) is 8.20. The molecule has 0 aromatic heterocycles. The van der Waals surface area contributed by atoms with E-state index in [-0.39, 0.29) is 17.9 Å². The number of nitrogens with zero attached hydrogens (tertiary/aromatic N) is 1. The van der Waals surface area contributed by atoms with Gasteiger partial charge in [-0.2, -0.15) is 0 Å². The molecule has 2 amide bonds. The maximum atomic E-state index is 11.9. The number of carbonyl (C=O) groups is 2. The summed E-state index contributed by atoms with van der Waals surface area (Å²) in [6.07, 6.45) is 1.10. The van der Waals surface area contributed by atoms with Crippen LogP contribution in [0, 0.1) is 6.92 Å². The van der Waals surface area contributed by atoms with Crippen molar-refractivity contribution in [3.05, 3.63) is 29.3 Å². The van der Waals surface area contributed by atoms with Crippen molar-refractivity contribution < 1.29 is 23.1 Å². The van der Waals surface area contributed by atoms with Gasteiger partial charge < -0.3 is 15.3 Å². The predicted molar refractivity (Wildman–Crippen MR) is 79.5 cm³/mol. The molecule has 2 N–H and O–H groups in total. The van der Waals surface area contributed by atoms with Crippen LogP contribution in [0.1, 0.15) is 15.9 Å². The molecule has 0 bridgehead atoms. The van der Waals surface area contributed by atoms with Gasteiger partial charge in [-0.05, 0) is 30.7 Å². The molecule has 0 spiro atoms. The molecule has 0 fully saturated rings. The van der Waals surface area contributed by atoms with E-state index in [2.05, 4.69) is 5.32 Å². The first-order valence-electron chi connectivity index (χ1n) is 6.14. The Morgan fingerprint density at radius 2 is 1.95 bits per heavy atom. The Morgan fingerprint density at radius 3 is 2.43 bits per heavy atom. The van der Waals surface area contributed by atoms with Gasteiger partial charge in [0.25, 0.3) is 0 Å². The Morgan fingerprint density at radius 1 is 1.33 bits per heavy atom. The largest absolute Gasteiger partial charge is 0.478 e. The molecule has 21 heavy (non-hydrogen) atoms. The number of carbonyl (C=O) groups excluding carboxylic acids is 1. The van der Waals surface area contributed by atoms with Crippen LogP contribution in [0.3, 0.4) is 0 Å². The molecule has 0 radical (unpaired) electrons. The van der Waals surface area contributed by atoms with E-state index in [4.69, 9.17) is 5.11 Å². The number of rotatable bonds is 5. The minimum absolute atomic E-state index is 0.0802. The minimum atomic E-state index is -3.13. The van der Waals surface area contributed by atoms with E-state index in [1.807, 2.05) is 0 Å². The highest BCUT2D eigenvalue weighted by molar-refractivity contribution is 7.90. The Kier molecular flexibility index (Phi) is 5.31. The van der Waals surface area contributed by atoms with Gasteiger partial charge >= 0.3 is 12.0 Å². The maximum absolute atomic E-state index is 11.9. The van der Waals surface area contributed by atoms with Crippen LogP contribution < -0.4 is 5.32 Å². The van der Waals surface area contributed by atoms with Crippen LogP contribution in [0.15, 0.2) is 18.2 Å². The number of sulfone groups is 1. The summed E-state index contributed by atoms with van der Waals surface area (Å²) >= 11 is 0. The lowest BCUT2D eigenvalue weighted by molar-refractivity contribution is 0.0696. The maximum Gasteiger partial charge on any atom is 0.335 e. The number of hydrogen-bond donors (Lipinski definition) is 2. The second-order valence-electron chi connectivity index (χ2n) is 4.82. The van der Waals surface area contributed by atoms with Crippen LogP contribution in [0.4, 0.5) is 10.5 Å². The topological polar surface area (TPSA) is 104 Å². The fraction of sp³-hybridized carbons (Fsp3) is 0.385. The number of carboxylic acids is 1. The lowest BCUT2D eigenvalue weighted by Gasteiger charge is -2.17. The van der Waals surface area contributed by atoms with Crippen LogP contribution >= 0.6 is 0 Å². The molecule has 8 heteroatoms. The van der Waals surface area contributed by atoms with Crippen LogP contribution in [0.2, 0.25) is 0 Å². The third-order valence-corrected chi connectivity index (χ3v) is 3.78. The number of amides is 2. The summed E-state index contributed by atoms with van der Waals surface area (Å²) in [7, 11) is -1.65. The van der Waals surface area contributed by atoms with Crippen LogP contribution in [0.25, 0.3) is 0 Å². The highest BCUT2D eigenvalue weighted by atomic mass is 32.2. The van der Waals surface area contributed by atoms with Crippen molar-refractivity contribution in [3.8, 4) is 0 Å². The molecule has 0 heterocycles. The van der Waals surface area contributed by atoms with Crippen molar-refractivity contribution in [2.75, 3.05) is 30.9 Å². The average molecular weight is 314 g/mol. The van der Waals surface area contributed by atoms with Crippen molar-refractivity contribution in [1.29, 1.82) is 0 Å². The molecule has 0 atom stereocenters. The average Bonchev–Trinajstić information content (AvgIpc) is 2.34. The molecule has 1 aromatic carbocycles. The summed E-state index contributed by atoms with van der Waals surface area (Å²) < 4.78 is 22.1. The Labute approximate surface area is 123 Å². The van der Waals surface area contributed by atoms with Gasteiger partial charge in [-0.3, -0.25) is 0 Å². The van der Waals surface area contributed by atoms with Gasteiger partial charge in [0.15, 0.2) is 0 Å². The van der Waals surface area contributed by atoms with E-state index in [1.165, 1.54) is 24.1 Å². The minimum Gasteiger partial charge on any atom is -0.478 e. The molecule has 0 saturated carbocycles. The number of aromatic carboxylic acids is 1. The Hall–Kier alpha value is -2.09. The van der Waals surface area contributed by atoms with E-state index in [0.717, 1.165) is 6.26 Å². The summed E-state index contributed by atoms with van der Waals surface area (Å²) in [5, 5.41) is 11.5. The highest BCUT2D eigenvalue weighted by Gasteiger charge is 2.13. The molecule has 1 aromatic rings. The third-order valence-electron chi connectivity index (χ3n) is 2.85. The molecule has 116 valence electrons. The quantitative estimate of drug-likeness (QED) is 0.850. The number of aryl methyl sites for hydroxylation is 1. The van der Waals surface area contributed by atoms with Gasteiger partial charge in [-0.25, -0.2) is 18.0 Å². The van der Waals surface area contributed by atoms with Crippen molar-refractivity contribution in [3.63, 3.8) is 0 Å². The molecule has 0 unspecified atom stereocenters. The number of anilines is 1. The van der Waals surface area contributed by atoms with Crippen LogP contribution in [-0.4, -0.2) is 56.0 Å². The van der Waals surface area contributed by atoms with Gasteiger partial charge in [0, 0.05) is 25.5 Å². The number of benzene rings is 1. The van der Waals surface area contributed by atoms with E-state index in [9.17, 15) is 18.0 Å². The molecule has 0 aliphatic heterocycles. The second-order valence-corrected chi connectivity index (χ2v) is 7.08. The van der Waals surface area contributed by atoms with Crippen molar-refractivity contribution in [1.82, 2.24) is 4.90 Å². The summed E-state index contributed by atoms with van der Waals surface area (Å²) in [6, 6.07) is 3.98. The van der Waals surface area contributed by atoms with Gasteiger partial charge in [0.2, 0.25) is 0 Å². The predicted octanol–water partition coefficient (Wildman–Crippen LogP) is 1.20. The highest BCUT2D eigenvalue weighted by Crippen LogP contribution is 2.15. The monoisotopic (exact) mass is 314 g/mol. The summed E-state index contributed by atoms with van der Waals surface area (Å²) in [5.41, 5.74) is 1.14. The summed E-state index contributed by atoms with van der Waals surface area (Å²) in [5.74, 6) is -1.15. The van der Waals surface area contributed by atoms with Gasteiger partial charge in [-0.15, -0.1) is 0 Å². The molecular formula is C13H18N2O5S. The lowest BCUT2D eigenvalue weighted by Crippen LogP contribution is -2.34. The Bertz CT molecular complexity index is 655. The standard InChI is InChI=1S/C13H18N2O5S/c1-9-8-10(4-5-11(9)12(16)17)14-13(18)15(2)6-7-21(3,19)20/h4-5,8H,6-7H2,1-3H3,(H,14,18)(H,16,17).